The minimum Gasteiger partial charge on any atom is -0.488 e. The largest absolute Gasteiger partial charge is 0.488 e. The van der Waals surface area contributed by atoms with Crippen LogP contribution < -0.4 is 10.5 Å². The molecule has 0 aromatic heterocycles. The van der Waals surface area contributed by atoms with Crippen molar-refractivity contribution >= 4 is 17.8 Å². The summed E-state index contributed by atoms with van der Waals surface area (Å²) in [6.07, 6.45) is -0.400. The van der Waals surface area contributed by atoms with E-state index in [2.05, 4.69) is 0 Å². The van der Waals surface area contributed by atoms with E-state index in [1.807, 2.05) is 6.07 Å². The Kier molecular flexibility index (Phi) is 5.75. The molecule has 1 aliphatic rings. The van der Waals surface area contributed by atoms with Crippen molar-refractivity contribution in [1.82, 2.24) is 4.90 Å². The van der Waals surface area contributed by atoms with Crippen LogP contribution in [0.4, 0.5) is 0 Å². The van der Waals surface area contributed by atoms with Crippen molar-refractivity contribution in [3.8, 4) is 5.75 Å². The zero-order valence-electron chi connectivity index (χ0n) is 13.0. The van der Waals surface area contributed by atoms with E-state index in [1.54, 1.807) is 24.3 Å². The highest BCUT2D eigenvalue weighted by Crippen LogP contribution is 2.24. The van der Waals surface area contributed by atoms with Crippen molar-refractivity contribution in [3.05, 3.63) is 30.3 Å². The quantitative estimate of drug-likeness (QED) is 0.653. The molecule has 1 fully saturated rings. The van der Waals surface area contributed by atoms with Crippen LogP contribution in [0.15, 0.2) is 30.3 Å². The summed E-state index contributed by atoms with van der Waals surface area (Å²) in [5, 5.41) is 18.1. The zero-order chi connectivity index (χ0) is 17.7. The number of carbonyl (C=O) groups excluding carboxylic acids is 1. The molecule has 24 heavy (non-hydrogen) atoms. The number of carboxylic acids is 2. The number of nitrogens with two attached hydrogens (primary N) is 1. The van der Waals surface area contributed by atoms with Crippen LogP contribution in [0.2, 0.25) is 0 Å². The lowest BCUT2D eigenvalue weighted by Crippen LogP contribution is -2.41. The number of hydrogen-bond donors (Lipinski definition) is 3. The predicted octanol–water partition coefficient (Wildman–Crippen LogP) is 0.312. The number of carbonyl (C=O) groups is 3. The minimum absolute atomic E-state index is 0.0405. The van der Waals surface area contributed by atoms with Crippen LogP contribution in [0.1, 0.15) is 19.3 Å². The number of likely N-dealkylation sites (tertiary alicyclic amines) is 1. The monoisotopic (exact) mass is 336 g/mol. The molecule has 1 aromatic rings. The number of carboxylic acid groups (broad SMARTS) is 2. The predicted molar refractivity (Wildman–Crippen MR) is 83.5 cm³/mol. The topological polar surface area (TPSA) is 130 Å². The van der Waals surface area contributed by atoms with Gasteiger partial charge in [0.1, 0.15) is 23.9 Å². The first-order valence-electron chi connectivity index (χ1n) is 7.61. The Balaban J connectivity index is 1.98. The first kappa shape index (κ1) is 17.7. The molecule has 2 rings (SSSR count). The molecule has 1 aliphatic heterocycles. The first-order chi connectivity index (χ1) is 11.4. The molecule has 1 saturated heterocycles. The Morgan fingerprint density at radius 2 is 1.92 bits per heavy atom. The van der Waals surface area contributed by atoms with Crippen LogP contribution in [0.5, 0.6) is 5.75 Å². The zero-order valence-corrected chi connectivity index (χ0v) is 13.0. The maximum absolute atomic E-state index is 12.2. The van der Waals surface area contributed by atoms with Gasteiger partial charge in [-0.2, -0.15) is 0 Å². The number of amides is 1. The summed E-state index contributed by atoms with van der Waals surface area (Å²) in [6.45, 7) is 0.146. The molecule has 1 amide bonds. The highest BCUT2D eigenvalue weighted by Gasteiger charge is 2.40. The number of hydrogen-bond acceptors (Lipinski definition) is 5. The number of nitrogens with zero attached hydrogens (tertiary/aromatic N) is 1. The molecular weight excluding hydrogens is 316 g/mol. The van der Waals surface area contributed by atoms with Gasteiger partial charge in [-0.1, -0.05) is 18.2 Å². The van der Waals surface area contributed by atoms with Gasteiger partial charge < -0.3 is 25.6 Å². The summed E-state index contributed by atoms with van der Waals surface area (Å²) in [5.74, 6) is -2.12. The number of rotatable bonds is 7. The fourth-order valence-electron chi connectivity index (χ4n) is 2.63. The maximum atomic E-state index is 12.2. The average Bonchev–Trinajstić information content (AvgIpc) is 2.97. The Bertz CT molecular complexity index is 606. The second kappa shape index (κ2) is 7.78. The Morgan fingerprint density at radius 1 is 1.25 bits per heavy atom. The van der Waals surface area contributed by atoms with Gasteiger partial charge in [-0.3, -0.25) is 9.59 Å². The number of aliphatic carboxylic acids is 2. The van der Waals surface area contributed by atoms with Crippen molar-refractivity contribution < 1.29 is 29.3 Å². The molecule has 1 heterocycles. The van der Waals surface area contributed by atoms with E-state index in [0.717, 1.165) is 0 Å². The van der Waals surface area contributed by atoms with Crippen molar-refractivity contribution in [2.45, 2.75) is 37.5 Å². The van der Waals surface area contributed by atoms with Crippen LogP contribution >= 0.6 is 0 Å². The SMILES string of the molecule is N[C@@H](CCC(=O)N1C[C@@H](Oc2ccccc2)C[C@H]1C(=O)O)C(=O)O. The molecule has 3 atom stereocenters. The van der Waals surface area contributed by atoms with E-state index in [9.17, 15) is 19.5 Å². The molecule has 0 saturated carbocycles. The maximum Gasteiger partial charge on any atom is 0.326 e. The molecule has 1 aromatic carbocycles. The molecule has 0 spiro atoms. The van der Waals surface area contributed by atoms with Gasteiger partial charge in [0.05, 0.1) is 6.54 Å². The third kappa shape index (κ3) is 4.45. The highest BCUT2D eigenvalue weighted by molar-refractivity contribution is 5.85. The third-order valence-corrected chi connectivity index (χ3v) is 3.90. The molecule has 0 aliphatic carbocycles. The number of para-hydroxylation sites is 1. The second-order valence-corrected chi connectivity index (χ2v) is 5.67. The fraction of sp³-hybridized carbons (Fsp3) is 0.438. The van der Waals surface area contributed by atoms with Crippen LogP contribution in [0, 0.1) is 0 Å². The molecule has 8 heteroatoms. The van der Waals surface area contributed by atoms with Crippen molar-refractivity contribution in [1.29, 1.82) is 0 Å². The summed E-state index contributed by atoms with van der Waals surface area (Å²) in [7, 11) is 0. The normalized spacial score (nSPS) is 21.3. The fourth-order valence-corrected chi connectivity index (χ4v) is 2.63. The average molecular weight is 336 g/mol. The molecule has 0 bridgehead atoms. The summed E-state index contributed by atoms with van der Waals surface area (Å²) in [6, 6.07) is 6.83. The summed E-state index contributed by atoms with van der Waals surface area (Å²) < 4.78 is 5.72. The Morgan fingerprint density at radius 3 is 2.50 bits per heavy atom. The Labute approximate surface area is 138 Å². The van der Waals surface area contributed by atoms with Gasteiger partial charge in [-0.25, -0.2) is 4.79 Å². The van der Waals surface area contributed by atoms with Crippen LogP contribution in [-0.4, -0.2) is 57.7 Å². The molecule has 0 radical (unpaired) electrons. The van der Waals surface area contributed by atoms with E-state index >= 15 is 0 Å². The molecule has 8 nitrogen and oxygen atoms in total. The molecule has 4 N–H and O–H groups in total. The Hall–Kier alpha value is -2.61. The van der Waals surface area contributed by atoms with Crippen molar-refractivity contribution in [3.63, 3.8) is 0 Å². The summed E-state index contributed by atoms with van der Waals surface area (Å²) >= 11 is 0. The van der Waals surface area contributed by atoms with Crippen LogP contribution in [0.25, 0.3) is 0 Å². The lowest BCUT2D eigenvalue weighted by Gasteiger charge is -2.21. The smallest absolute Gasteiger partial charge is 0.326 e. The lowest BCUT2D eigenvalue weighted by atomic mass is 10.1. The molecular formula is C16H20N2O6. The van der Waals surface area contributed by atoms with Gasteiger partial charge in [-0.05, 0) is 18.6 Å². The third-order valence-electron chi connectivity index (χ3n) is 3.90. The van der Waals surface area contributed by atoms with Crippen LogP contribution in [0.3, 0.4) is 0 Å². The van der Waals surface area contributed by atoms with Gasteiger partial charge in [0, 0.05) is 12.8 Å². The summed E-state index contributed by atoms with van der Waals surface area (Å²) in [4.78, 5) is 35.6. The van der Waals surface area contributed by atoms with E-state index in [0.29, 0.717) is 5.75 Å². The van der Waals surface area contributed by atoms with Gasteiger partial charge in [0.15, 0.2) is 0 Å². The first-order valence-corrected chi connectivity index (χ1v) is 7.61. The van der Waals surface area contributed by atoms with E-state index in [-0.39, 0.29) is 25.8 Å². The molecule has 130 valence electrons. The lowest BCUT2D eigenvalue weighted by molar-refractivity contribution is -0.148. The van der Waals surface area contributed by atoms with E-state index < -0.39 is 36.0 Å². The van der Waals surface area contributed by atoms with Gasteiger partial charge in [-0.15, -0.1) is 0 Å². The highest BCUT2D eigenvalue weighted by atomic mass is 16.5. The van der Waals surface area contributed by atoms with Gasteiger partial charge in [0.2, 0.25) is 5.91 Å². The van der Waals surface area contributed by atoms with E-state index in [1.165, 1.54) is 4.90 Å². The molecule has 0 unspecified atom stereocenters. The summed E-state index contributed by atoms with van der Waals surface area (Å²) in [5.41, 5.74) is 5.38. The second-order valence-electron chi connectivity index (χ2n) is 5.67. The van der Waals surface area contributed by atoms with Crippen molar-refractivity contribution in [2.75, 3.05) is 6.54 Å². The number of benzene rings is 1. The minimum atomic E-state index is -1.19. The number of ether oxygens (including phenoxy) is 1. The van der Waals surface area contributed by atoms with Crippen LogP contribution in [-0.2, 0) is 14.4 Å². The standard InChI is InChI=1S/C16H20N2O6/c17-12(15(20)21)6-7-14(19)18-9-11(8-13(18)16(22)23)24-10-4-2-1-3-5-10/h1-5,11-13H,6-9,17H2,(H,20,21)(H,22,23)/t11-,12-,13-/m0/s1. The van der Waals surface area contributed by atoms with E-state index in [4.69, 9.17) is 15.6 Å². The van der Waals surface area contributed by atoms with Gasteiger partial charge >= 0.3 is 11.9 Å². The van der Waals surface area contributed by atoms with Gasteiger partial charge in [0.25, 0.3) is 0 Å². The van der Waals surface area contributed by atoms with Crippen molar-refractivity contribution in [2.24, 2.45) is 5.73 Å².